The van der Waals surface area contributed by atoms with Crippen molar-refractivity contribution in [1.82, 2.24) is 9.55 Å². The lowest BCUT2D eigenvalue weighted by molar-refractivity contribution is 0.404. The van der Waals surface area contributed by atoms with Crippen molar-refractivity contribution in [3.8, 4) is 0 Å². The Kier molecular flexibility index (Phi) is 6.01. The molecule has 0 saturated heterocycles. The number of benzene rings is 1. The molecule has 2 aromatic rings. The van der Waals surface area contributed by atoms with Gasteiger partial charge in [-0.3, -0.25) is 9.36 Å². The lowest BCUT2D eigenvalue weighted by atomic mass is 10.0. The van der Waals surface area contributed by atoms with E-state index in [1.807, 2.05) is 47.1 Å². The third kappa shape index (κ3) is 4.24. The summed E-state index contributed by atoms with van der Waals surface area (Å²) in [5.74, 6) is 0. The molecule has 144 valence electrons. The van der Waals surface area contributed by atoms with Crippen molar-refractivity contribution in [3.05, 3.63) is 83.0 Å². The largest absolute Gasteiger partial charge is 0.296 e. The van der Waals surface area contributed by atoms with Crippen LogP contribution in [0.2, 0.25) is 0 Å². The summed E-state index contributed by atoms with van der Waals surface area (Å²) in [5, 5.41) is 0.718. The zero-order valence-corrected chi connectivity index (χ0v) is 16.4. The molecule has 0 unspecified atom stereocenters. The van der Waals surface area contributed by atoms with Crippen molar-refractivity contribution in [2.45, 2.75) is 57.4 Å². The van der Waals surface area contributed by atoms with Crippen molar-refractivity contribution in [2.75, 3.05) is 0 Å². The zero-order valence-electron chi connectivity index (χ0n) is 16.4. The Morgan fingerprint density at radius 2 is 1.57 bits per heavy atom. The van der Waals surface area contributed by atoms with Crippen LogP contribution in [0.3, 0.4) is 0 Å². The van der Waals surface area contributed by atoms with Crippen LogP contribution in [-0.2, 0) is 0 Å². The molecular formula is C25H28N2O. The molecule has 3 nitrogen and oxygen atoms in total. The van der Waals surface area contributed by atoms with Gasteiger partial charge in [0.25, 0.3) is 5.56 Å². The standard InChI is InChI=1S/C25H28N2O/c28-25-23-18-21(20-12-8-4-3-5-9-13-20)16-17-24(23)26-19-27(25)22-14-10-6-1-2-7-11-15-22/h3-5,8-9,12-13,16-19,22H,1-2,6-7,10-11,14-15H2/b4-3-,5-3?,8-4?,9-5-,12-8?,13-9?,20-12?,20-13?. The van der Waals surface area contributed by atoms with Gasteiger partial charge in [-0.05, 0) is 36.1 Å². The first-order chi connectivity index (χ1) is 13.8. The van der Waals surface area contributed by atoms with Crippen LogP contribution in [0.25, 0.3) is 16.5 Å². The average molecular weight is 373 g/mol. The van der Waals surface area contributed by atoms with Crippen LogP contribution in [0, 0.1) is 0 Å². The molecule has 3 heteroatoms. The number of allylic oxidation sites excluding steroid dienone is 8. The van der Waals surface area contributed by atoms with E-state index in [1.54, 1.807) is 6.33 Å². The smallest absolute Gasteiger partial charge is 0.261 e. The summed E-state index contributed by atoms with van der Waals surface area (Å²) in [5.41, 5.74) is 3.02. The van der Waals surface area contributed by atoms with E-state index in [9.17, 15) is 4.79 Å². The van der Waals surface area contributed by atoms with E-state index >= 15 is 0 Å². The van der Waals surface area contributed by atoms with Crippen LogP contribution < -0.4 is 5.56 Å². The zero-order chi connectivity index (χ0) is 19.2. The summed E-state index contributed by atoms with van der Waals surface area (Å²) in [6.45, 7) is 0. The number of rotatable bonds is 2. The topological polar surface area (TPSA) is 34.9 Å². The Hall–Kier alpha value is -2.68. The van der Waals surface area contributed by atoms with E-state index in [4.69, 9.17) is 0 Å². The summed E-state index contributed by atoms with van der Waals surface area (Å²) in [6.07, 6.45) is 25.8. The number of aromatic nitrogens is 2. The van der Waals surface area contributed by atoms with E-state index in [2.05, 4.69) is 23.2 Å². The minimum absolute atomic E-state index is 0.0990. The fourth-order valence-corrected chi connectivity index (χ4v) is 4.22. The van der Waals surface area contributed by atoms with Crippen molar-refractivity contribution in [1.29, 1.82) is 0 Å². The number of hydrogen-bond donors (Lipinski definition) is 0. The molecule has 0 radical (unpaired) electrons. The van der Waals surface area contributed by atoms with Crippen LogP contribution in [0.5, 0.6) is 0 Å². The van der Waals surface area contributed by atoms with Crippen molar-refractivity contribution < 1.29 is 0 Å². The number of nitrogens with zero attached hydrogens (tertiary/aromatic N) is 2. The Morgan fingerprint density at radius 1 is 0.857 bits per heavy atom. The van der Waals surface area contributed by atoms with Gasteiger partial charge in [-0.1, -0.05) is 87.1 Å². The Balaban J connectivity index is 1.72. The predicted octanol–water partition coefficient (Wildman–Crippen LogP) is 6.14. The molecule has 1 heterocycles. The van der Waals surface area contributed by atoms with Crippen LogP contribution in [-0.4, -0.2) is 9.55 Å². The highest BCUT2D eigenvalue weighted by molar-refractivity contribution is 5.85. The van der Waals surface area contributed by atoms with Crippen LogP contribution in [0.4, 0.5) is 0 Å². The molecule has 1 aromatic heterocycles. The molecule has 4 rings (SSSR count). The van der Waals surface area contributed by atoms with Crippen LogP contribution in [0.15, 0.2) is 71.9 Å². The highest BCUT2D eigenvalue weighted by Gasteiger charge is 2.16. The van der Waals surface area contributed by atoms with Gasteiger partial charge in [0.05, 0.1) is 17.2 Å². The second kappa shape index (κ2) is 9.01. The van der Waals surface area contributed by atoms with Crippen LogP contribution in [0.1, 0.15) is 63.0 Å². The lowest BCUT2D eigenvalue weighted by Gasteiger charge is -2.19. The molecule has 1 saturated carbocycles. The van der Waals surface area contributed by atoms with Gasteiger partial charge >= 0.3 is 0 Å². The molecule has 0 aliphatic heterocycles. The molecule has 0 bridgehead atoms. The molecule has 1 aromatic carbocycles. The van der Waals surface area contributed by atoms with E-state index in [1.165, 1.54) is 38.5 Å². The molecular weight excluding hydrogens is 344 g/mol. The summed E-state index contributed by atoms with van der Waals surface area (Å²) >= 11 is 0. The van der Waals surface area contributed by atoms with Crippen molar-refractivity contribution in [3.63, 3.8) is 0 Å². The number of hydrogen-bond acceptors (Lipinski definition) is 2. The predicted molar refractivity (Wildman–Crippen MR) is 117 cm³/mol. The first kappa shape index (κ1) is 18.7. The maximum Gasteiger partial charge on any atom is 0.261 e. The summed E-state index contributed by atoms with van der Waals surface area (Å²) < 4.78 is 1.91. The van der Waals surface area contributed by atoms with Crippen molar-refractivity contribution in [2.24, 2.45) is 0 Å². The summed E-state index contributed by atoms with van der Waals surface area (Å²) in [6, 6.07) is 6.30. The van der Waals surface area contributed by atoms with Gasteiger partial charge in [0, 0.05) is 6.04 Å². The van der Waals surface area contributed by atoms with E-state index in [-0.39, 0.29) is 11.6 Å². The van der Waals surface area contributed by atoms with E-state index in [0.717, 1.165) is 34.9 Å². The third-order valence-electron chi connectivity index (χ3n) is 5.83. The SMILES string of the molecule is O=c1c2cc(C3=C/C=C\C=C/C=C3)ccc2ncn1C1CCCCCCCC1. The summed E-state index contributed by atoms with van der Waals surface area (Å²) in [4.78, 5) is 17.9. The average Bonchev–Trinajstić information content (AvgIpc) is 2.82. The first-order valence-corrected chi connectivity index (χ1v) is 10.6. The highest BCUT2D eigenvalue weighted by Crippen LogP contribution is 2.26. The Labute approximate surface area is 166 Å². The minimum Gasteiger partial charge on any atom is -0.296 e. The fraction of sp³-hybridized carbons (Fsp3) is 0.360. The second-order valence-electron chi connectivity index (χ2n) is 7.79. The maximum absolute atomic E-state index is 13.3. The monoisotopic (exact) mass is 372 g/mol. The van der Waals surface area contributed by atoms with Gasteiger partial charge in [0.15, 0.2) is 0 Å². The maximum atomic E-state index is 13.3. The van der Waals surface area contributed by atoms with Gasteiger partial charge in [0.1, 0.15) is 0 Å². The third-order valence-corrected chi connectivity index (χ3v) is 5.83. The van der Waals surface area contributed by atoms with Gasteiger partial charge in [0.2, 0.25) is 0 Å². The quantitative estimate of drug-likeness (QED) is 0.635. The van der Waals surface area contributed by atoms with Crippen LogP contribution >= 0.6 is 0 Å². The molecule has 0 spiro atoms. The molecule has 0 atom stereocenters. The molecule has 0 N–H and O–H groups in total. The minimum atomic E-state index is 0.0990. The van der Waals surface area contributed by atoms with Gasteiger partial charge in [-0.15, -0.1) is 0 Å². The first-order valence-electron chi connectivity index (χ1n) is 10.6. The van der Waals surface area contributed by atoms with E-state index < -0.39 is 0 Å². The van der Waals surface area contributed by atoms with Gasteiger partial charge in [-0.2, -0.15) is 0 Å². The molecule has 0 amide bonds. The van der Waals surface area contributed by atoms with Gasteiger partial charge in [-0.25, -0.2) is 4.98 Å². The second-order valence-corrected chi connectivity index (χ2v) is 7.79. The molecule has 2 aliphatic rings. The number of fused-ring (bicyclic) bond motifs is 1. The Morgan fingerprint density at radius 3 is 2.39 bits per heavy atom. The van der Waals surface area contributed by atoms with Gasteiger partial charge < -0.3 is 0 Å². The molecule has 2 aliphatic carbocycles. The van der Waals surface area contributed by atoms with Crippen molar-refractivity contribution >= 4 is 16.5 Å². The lowest BCUT2D eigenvalue weighted by Crippen LogP contribution is -2.25. The molecule has 1 fully saturated rings. The summed E-state index contributed by atoms with van der Waals surface area (Å²) in [7, 11) is 0. The normalized spacial score (nSPS) is 21.1. The Bertz CT molecular complexity index is 997. The fourth-order valence-electron chi connectivity index (χ4n) is 4.22. The highest BCUT2D eigenvalue weighted by atomic mass is 16.1. The van der Waals surface area contributed by atoms with E-state index in [0.29, 0.717) is 0 Å². The molecule has 28 heavy (non-hydrogen) atoms.